The maximum absolute atomic E-state index is 9.60. The van der Waals surface area contributed by atoms with Crippen molar-refractivity contribution in [2.45, 2.75) is 77.5 Å². The van der Waals surface area contributed by atoms with Crippen LogP contribution in [0.1, 0.15) is 86.7 Å². The summed E-state index contributed by atoms with van der Waals surface area (Å²) in [5.74, 6) is 1.80. The molecule has 0 heterocycles. The van der Waals surface area contributed by atoms with Gasteiger partial charge in [0.2, 0.25) is 5.90 Å². The van der Waals surface area contributed by atoms with Crippen LogP contribution in [0.4, 0.5) is 0 Å². The number of methoxy groups -OCH3 is 1. The molecule has 5 nitrogen and oxygen atoms in total. The van der Waals surface area contributed by atoms with E-state index in [-0.39, 0.29) is 6.10 Å². The quantitative estimate of drug-likeness (QED) is 0.367. The Morgan fingerprint density at radius 3 is 2.74 bits per heavy atom. The second-order valence-corrected chi connectivity index (χ2v) is 10.2. The minimum Gasteiger partial charge on any atom is -0.490 e. The zero-order valence-corrected chi connectivity index (χ0v) is 21.4. The molecule has 2 aromatic carbocycles. The van der Waals surface area contributed by atoms with Crippen molar-refractivity contribution in [3.8, 4) is 11.8 Å². The van der Waals surface area contributed by atoms with Gasteiger partial charge in [0, 0.05) is 23.2 Å². The van der Waals surface area contributed by atoms with Gasteiger partial charge < -0.3 is 14.8 Å². The number of nitriles is 1. The van der Waals surface area contributed by atoms with Crippen molar-refractivity contribution in [2.75, 3.05) is 7.11 Å². The molecule has 0 aromatic heterocycles. The summed E-state index contributed by atoms with van der Waals surface area (Å²) in [5, 5.41) is 13.5. The Bertz CT molecular complexity index is 1140. The zero-order valence-electron chi connectivity index (χ0n) is 21.4. The van der Waals surface area contributed by atoms with Crippen molar-refractivity contribution in [3.63, 3.8) is 0 Å². The number of hydrogen-bond acceptors (Lipinski definition) is 5. The second kappa shape index (κ2) is 11.1. The maximum atomic E-state index is 9.60. The number of aliphatic imine (C=N–C) groups is 1. The van der Waals surface area contributed by atoms with Gasteiger partial charge in [-0.1, -0.05) is 44.5 Å². The van der Waals surface area contributed by atoms with E-state index >= 15 is 0 Å². The van der Waals surface area contributed by atoms with Crippen molar-refractivity contribution in [1.82, 2.24) is 5.32 Å². The van der Waals surface area contributed by atoms with Gasteiger partial charge in [0.05, 0.1) is 24.5 Å². The van der Waals surface area contributed by atoms with Gasteiger partial charge in [-0.3, -0.25) is 0 Å². The lowest BCUT2D eigenvalue weighted by Crippen LogP contribution is -2.35. The molecule has 2 aromatic rings. The summed E-state index contributed by atoms with van der Waals surface area (Å²) < 4.78 is 11.4. The first-order chi connectivity index (χ1) is 16.9. The van der Waals surface area contributed by atoms with Crippen LogP contribution in [0.2, 0.25) is 0 Å². The number of ether oxygens (including phenoxy) is 2. The molecular formula is C30H37N3O2. The van der Waals surface area contributed by atoms with E-state index in [0.29, 0.717) is 35.0 Å². The number of hydrogen-bond donors (Lipinski definition) is 1. The maximum Gasteiger partial charge on any atom is 0.221 e. The number of nitrogens with zero attached hydrogens (tertiary/aromatic N) is 2. The Morgan fingerprint density at radius 2 is 2.03 bits per heavy atom. The molecule has 35 heavy (non-hydrogen) atoms. The lowest BCUT2D eigenvalue weighted by atomic mass is 9.86. The van der Waals surface area contributed by atoms with Gasteiger partial charge in [-0.25, -0.2) is 4.99 Å². The van der Waals surface area contributed by atoms with Crippen LogP contribution in [0.5, 0.6) is 5.75 Å². The lowest BCUT2D eigenvalue weighted by molar-refractivity contribution is 0.241. The third-order valence-corrected chi connectivity index (χ3v) is 7.09. The van der Waals surface area contributed by atoms with Crippen molar-refractivity contribution in [1.29, 1.82) is 5.26 Å². The highest BCUT2D eigenvalue weighted by atomic mass is 16.5. The van der Waals surface area contributed by atoms with E-state index in [0.717, 1.165) is 29.9 Å². The largest absolute Gasteiger partial charge is 0.490 e. The fourth-order valence-electron chi connectivity index (χ4n) is 5.49. The summed E-state index contributed by atoms with van der Waals surface area (Å²) in [5.41, 5.74) is 5.62. The van der Waals surface area contributed by atoms with Gasteiger partial charge in [-0.2, -0.15) is 5.26 Å². The third kappa shape index (κ3) is 5.77. The van der Waals surface area contributed by atoms with E-state index < -0.39 is 0 Å². The molecule has 184 valence electrons. The predicted octanol–water partition coefficient (Wildman–Crippen LogP) is 6.56. The van der Waals surface area contributed by atoms with Gasteiger partial charge in [-0.05, 0) is 74.8 Å². The Kier molecular flexibility index (Phi) is 7.93. The molecule has 0 saturated heterocycles. The summed E-state index contributed by atoms with van der Waals surface area (Å²) >= 11 is 0. The monoisotopic (exact) mass is 471 g/mol. The van der Waals surface area contributed by atoms with Crippen LogP contribution in [0.25, 0.3) is 5.70 Å². The summed E-state index contributed by atoms with van der Waals surface area (Å²) in [6.45, 7) is 10.5. The van der Waals surface area contributed by atoms with Crippen LogP contribution in [-0.2, 0) is 11.2 Å². The van der Waals surface area contributed by atoms with Crippen LogP contribution in [0.15, 0.2) is 48.0 Å². The Balaban J connectivity index is 1.56. The van der Waals surface area contributed by atoms with Crippen molar-refractivity contribution < 1.29 is 9.47 Å². The Labute approximate surface area is 209 Å². The molecule has 0 spiro atoms. The molecule has 3 unspecified atom stereocenters. The molecule has 5 heteroatoms. The van der Waals surface area contributed by atoms with E-state index in [1.807, 2.05) is 19.9 Å². The Hall–Kier alpha value is -3.10. The summed E-state index contributed by atoms with van der Waals surface area (Å²) in [6.07, 6.45) is 7.33. The normalized spacial score (nSPS) is 21.9. The molecule has 1 fully saturated rings. The molecule has 3 atom stereocenters. The number of nitrogens with one attached hydrogen (secondary N) is 1. The summed E-state index contributed by atoms with van der Waals surface area (Å²) in [6, 6.07) is 15.1. The molecule has 2 aliphatic carbocycles. The molecular weight excluding hydrogens is 434 g/mol. The first-order valence-electron chi connectivity index (χ1n) is 12.8. The molecule has 1 saturated carbocycles. The van der Waals surface area contributed by atoms with Crippen LogP contribution in [0, 0.1) is 17.2 Å². The van der Waals surface area contributed by atoms with Crippen molar-refractivity contribution in [3.05, 3.63) is 70.8 Å². The molecule has 2 aliphatic rings. The molecule has 4 rings (SSSR count). The molecule has 0 bridgehead atoms. The highest BCUT2D eigenvalue weighted by Gasteiger charge is 2.28. The fraction of sp³-hybridized carbons (Fsp3) is 0.467. The van der Waals surface area contributed by atoms with Crippen LogP contribution < -0.4 is 10.1 Å². The average Bonchev–Trinajstić information content (AvgIpc) is 3.25. The molecule has 0 amide bonds. The minimum absolute atomic E-state index is 0.0108. The highest BCUT2D eigenvalue weighted by molar-refractivity contribution is 5.98. The molecule has 0 aliphatic heterocycles. The summed E-state index contributed by atoms with van der Waals surface area (Å²) in [7, 11) is 1.59. The SMILES string of the molecule is C=C(N=C(OC)c1ccc(OC(C)C)c(C#N)c1)c1cccc2c1CCC2NC1CCCC(C)C1. The number of fused-ring (bicyclic) bond motifs is 1. The highest BCUT2D eigenvalue weighted by Crippen LogP contribution is 2.37. The van der Waals surface area contributed by atoms with Crippen LogP contribution >= 0.6 is 0 Å². The van der Waals surface area contributed by atoms with Crippen molar-refractivity contribution in [2.24, 2.45) is 10.9 Å². The lowest BCUT2D eigenvalue weighted by Gasteiger charge is -2.30. The molecule has 0 radical (unpaired) electrons. The number of benzene rings is 2. The van der Waals surface area contributed by atoms with E-state index in [9.17, 15) is 5.26 Å². The minimum atomic E-state index is -0.0108. The van der Waals surface area contributed by atoms with E-state index in [1.165, 1.54) is 36.8 Å². The van der Waals surface area contributed by atoms with E-state index in [2.05, 4.69) is 43.1 Å². The first-order valence-corrected chi connectivity index (χ1v) is 12.8. The van der Waals surface area contributed by atoms with E-state index in [4.69, 9.17) is 14.5 Å². The van der Waals surface area contributed by atoms with Gasteiger partial charge in [-0.15, -0.1) is 0 Å². The van der Waals surface area contributed by atoms with Crippen molar-refractivity contribution >= 4 is 11.6 Å². The van der Waals surface area contributed by atoms with Gasteiger partial charge in [0.15, 0.2) is 0 Å². The molecule has 1 N–H and O–H groups in total. The Morgan fingerprint density at radius 1 is 1.20 bits per heavy atom. The van der Waals surface area contributed by atoms with E-state index in [1.54, 1.807) is 19.2 Å². The van der Waals surface area contributed by atoms with Crippen LogP contribution in [-0.4, -0.2) is 25.2 Å². The smallest absolute Gasteiger partial charge is 0.221 e. The zero-order chi connectivity index (χ0) is 24.9. The topological polar surface area (TPSA) is 66.6 Å². The van der Waals surface area contributed by atoms with Gasteiger partial charge in [0.25, 0.3) is 0 Å². The standard InChI is InChI=1S/C30H37N3O2/c1-19(2)35-29-15-12-22(17-23(29)18-31)30(34-5)32-21(4)25-10-7-11-27-26(25)13-14-28(27)33-24-9-6-8-20(3)16-24/h7,10-12,15,17,19-20,24,28,33H,4,6,8-9,13-14,16H2,1-3,5H3. The third-order valence-electron chi connectivity index (χ3n) is 7.09. The second-order valence-electron chi connectivity index (χ2n) is 10.2. The van der Waals surface area contributed by atoms with Gasteiger partial charge >= 0.3 is 0 Å². The number of rotatable bonds is 7. The van der Waals surface area contributed by atoms with Gasteiger partial charge in [0.1, 0.15) is 11.8 Å². The summed E-state index contributed by atoms with van der Waals surface area (Å²) in [4.78, 5) is 4.76. The predicted molar refractivity (Wildman–Crippen MR) is 142 cm³/mol. The average molecular weight is 472 g/mol. The van der Waals surface area contributed by atoms with Crippen LogP contribution in [0.3, 0.4) is 0 Å². The fourth-order valence-corrected chi connectivity index (χ4v) is 5.49. The first kappa shape index (κ1) is 25.0.